The fourth-order valence-electron chi connectivity index (χ4n) is 2.00. The second kappa shape index (κ2) is 7.31. The SMILES string of the molecule is N/C=C(\C=C/Cc1ccc(O)cc1)c1ccc(CO)cc1. The third-order valence-corrected chi connectivity index (χ3v) is 3.24. The molecule has 2 aromatic carbocycles. The number of rotatable bonds is 5. The van der Waals surface area contributed by atoms with E-state index in [1.165, 1.54) is 0 Å². The second-order valence-electron chi connectivity index (χ2n) is 4.75. The third-order valence-electron chi connectivity index (χ3n) is 3.24. The summed E-state index contributed by atoms with van der Waals surface area (Å²) in [5.41, 5.74) is 9.62. The molecule has 0 aliphatic rings. The van der Waals surface area contributed by atoms with E-state index in [2.05, 4.69) is 0 Å². The number of allylic oxidation sites excluding steroid dienone is 3. The molecule has 2 aromatic rings. The Balaban J connectivity index is 2.04. The molecule has 0 aromatic heterocycles. The maximum Gasteiger partial charge on any atom is 0.115 e. The highest BCUT2D eigenvalue weighted by molar-refractivity contribution is 5.73. The molecule has 21 heavy (non-hydrogen) atoms. The van der Waals surface area contributed by atoms with E-state index in [9.17, 15) is 5.11 Å². The molecule has 0 amide bonds. The van der Waals surface area contributed by atoms with E-state index in [4.69, 9.17) is 10.8 Å². The Bertz CT molecular complexity index is 625. The summed E-state index contributed by atoms with van der Waals surface area (Å²) < 4.78 is 0. The van der Waals surface area contributed by atoms with Crippen LogP contribution in [0.1, 0.15) is 16.7 Å². The van der Waals surface area contributed by atoms with Crippen LogP contribution >= 0.6 is 0 Å². The van der Waals surface area contributed by atoms with Crippen molar-refractivity contribution in [1.82, 2.24) is 0 Å². The van der Waals surface area contributed by atoms with E-state index < -0.39 is 0 Å². The van der Waals surface area contributed by atoms with Crippen LogP contribution in [0.2, 0.25) is 0 Å². The summed E-state index contributed by atoms with van der Waals surface area (Å²) in [4.78, 5) is 0. The van der Waals surface area contributed by atoms with Crippen molar-refractivity contribution < 1.29 is 10.2 Å². The fraction of sp³-hybridized carbons (Fsp3) is 0.111. The van der Waals surface area contributed by atoms with Gasteiger partial charge in [-0.1, -0.05) is 48.6 Å². The Labute approximate surface area is 124 Å². The van der Waals surface area contributed by atoms with E-state index in [0.717, 1.165) is 28.7 Å². The number of aliphatic hydroxyl groups is 1. The molecular formula is C18H19NO2. The van der Waals surface area contributed by atoms with Gasteiger partial charge in [-0.25, -0.2) is 0 Å². The predicted octanol–water partition coefficient (Wildman–Crippen LogP) is 2.98. The average molecular weight is 281 g/mol. The van der Waals surface area contributed by atoms with Crippen molar-refractivity contribution in [2.24, 2.45) is 5.73 Å². The first-order chi connectivity index (χ1) is 10.2. The Morgan fingerprint density at radius 1 is 0.952 bits per heavy atom. The number of nitrogens with two attached hydrogens (primary N) is 1. The maximum absolute atomic E-state index is 9.24. The van der Waals surface area contributed by atoms with Gasteiger partial charge in [0.2, 0.25) is 0 Å². The number of hydrogen-bond acceptors (Lipinski definition) is 3. The first kappa shape index (κ1) is 14.9. The largest absolute Gasteiger partial charge is 0.508 e. The summed E-state index contributed by atoms with van der Waals surface area (Å²) in [7, 11) is 0. The van der Waals surface area contributed by atoms with Gasteiger partial charge in [0.1, 0.15) is 5.75 Å². The normalized spacial score (nSPS) is 12.0. The molecular weight excluding hydrogens is 262 g/mol. The van der Waals surface area contributed by atoms with Crippen LogP contribution in [0.25, 0.3) is 5.57 Å². The average Bonchev–Trinajstić information content (AvgIpc) is 2.53. The minimum atomic E-state index is 0.0403. The first-order valence-corrected chi connectivity index (χ1v) is 6.79. The van der Waals surface area contributed by atoms with Crippen molar-refractivity contribution in [2.45, 2.75) is 13.0 Å². The zero-order valence-corrected chi connectivity index (χ0v) is 11.7. The van der Waals surface area contributed by atoms with Gasteiger partial charge in [0, 0.05) is 6.20 Å². The molecule has 0 radical (unpaired) electrons. The smallest absolute Gasteiger partial charge is 0.115 e. The minimum absolute atomic E-state index is 0.0403. The lowest BCUT2D eigenvalue weighted by Gasteiger charge is -2.03. The zero-order valence-electron chi connectivity index (χ0n) is 11.7. The van der Waals surface area contributed by atoms with E-state index >= 15 is 0 Å². The van der Waals surface area contributed by atoms with Crippen LogP contribution in [0.15, 0.2) is 66.9 Å². The van der Waals surface area contributed by atoms with E-state index in [-0.39, 0.29) is 12.4 Å². The zero-order chi connectivity index (χ0) is 15.1. The third kappa shape index (κ3) is 4.23. The topological polar surface area (TPSA) is 66.5 Å². The highest BCUT2D eigenvalue weighted by atomic mass is 16.3. The molecule has 0 aliphatic heterocycles. The van der Waals surface area contributed by atoms with Crippen molar-refractivity contribution in [1.29, 1.82) is 0 Å². The number of aromatic hydroxyl groups is 1. The molecule has 0 fully saturated rings. The van der Waals surface area contributed by atoms with Crippen LogP contribution in [0.5, 0.6) is 5.75 Å². The van der Waals surface area contributed by atoms with Crippen LogP contribution < -0.4 is 5.73 Å². The van der Waals surface area contributed by atoms with E-state index in [0.29, 0.717) is 0 Å². The Morgan fingerprint density at radius 2 is 1.57 bits per heavy atom. The Morgan fingerprint density at radius 3 is 2.14 bits per heavy atom. The monoisotopic (exact) mass is 281 g/mol. The highest BCUT2D eigenvalue weighted by Gasteiger charge is 1.98. The van der Waals surface area contributed by atoms with Gasteiger partial charge in [0.15, 0.2) is 0 Å². The number of phenols is 1. The van der Waals surface area contributed by atoms with Crippen molar-refractivity contribution in [3.05, 3.63) is 83.6 Å². The summed E-state index contributed by atoms with van der Waals surface area (Å²) in [5.74, 6) is 0.272. The molecule has 2 rings (SSSR count). The summed E-state index contributed by atoms with van der Waals surface area (Å²) >= 11 is 0. The molecule has 0 heterocycles. The molecule has 4 N–H and O–H groups in total. The molecule has 0 saturated heterocycles. The molecule has 0 spiro atoms. The van der Waals surface area contributed by atoms with E-state index in [1.54, 1.807) is 18.3 Å². The molecule has 3 heteroatoms. The predicted molar refractivity (Wildman–Crippen MR) is 85.5 cm³/mol. The lowest BCUT2D eigenvalue weighted by atomic mass is 10.0. The number of hydrogen-bond donors (Lipinski definition) is 3. The molecule has 0 aliphatic carbocycles. The number of aliphatic hydroxyl groups excluding tert-OH is 1. The van der Waals surface area contributed by atoms with Gasteiger partial charge in [-0.2, -0.15) is 0 Å². The standard InChI is InChI=1S/C18H19NO2/c19-12-17(16-8-4-15(13-20)5-9-16)3-1-2-14-6-10-18(21)11-7-14/h1,3-12,20-21H,2,13,19H2/b3-1-,17-12+. The van der Waals surface area contributed by atoms with Crippen LogP contribution in [-0.4, -0.2) is 10.2 Å². The Hall–Kier alpha value is -2.52. The quantitative estimate of drug-likeness (QED) is 0.738. The molecule has 3 nitrogen and oxygen atoms in total. The van der Waals surface area contributed by atoms with Crippen LogP contribution in [0.4, 0.5) is 0 Å². The van der Waals surface area contributed by atoms with Crippen LogP contribution in [0, 0.1) is 0 Å². The van der Waals surface area contributed by atoms with Gasteiger partial charge in [-0.05, 0) is 40.8 Å². The summed E-state index contributed by atoms with van der Waals surface area (Å²) in [6, 6.07) is 14.8. The summed E-state index contributed by atoms with van der Waals surface area (Å²) in [6.45, 7) is 0.0403. The van der Waals surface area contributed by atoms with Gasteiger partial charge in [0.25, 0.3) is 0 Å². The molecule has 0 bridgehead atoms. The molecule has 0 saturated carbocycles. The summed E-state index contributed by atoms with van der Waals surface area (Å²) in [5, 5.41) is 18.3. The Kier molecular flexibility index (Phi) is 5.18. The first-order valence-electron chi connectivity index (χ1n) is 6.79. The van der Waals surface area contributed by atoms with Crippen molar-refractivity contribution in [3.63, 3.8) is 0 Å². The fourth-order valence-corrected chi connectivity index (χ4v) is 2.00. The lowest BCUT2D eigenvalue weighted by Crippen LogP contribution is -1.89. The van der Waals surface area contributed by atoms with Gasteiger partial charge < -0.3 is 15.9 Å². The second-order valence-corrected chi connectivity index (χ2v) is 4.75. The summed E-state index contributed by atoms with van der Waals surface area (Å²) in [6.07, 6.45) is 6.35. The van der Waals surface area contributed by atoms with E-state index in [1.807, 2.05) is 48.6 Å². The molecule has 108 valence electrons. The highest BCUT2D eigenvalue weighted by Crippen LogP contribution is 2.17. The van der Waals surface area contributed by atoms with Gasteiger partial charge in [-0.15, -0.1) is 0 Å². The minimum Gasteiger partial charge on any atom is -0.508 e. The van der Waals surface area contributed by atoms with Crippen molar-refractivity contribution in [2.75, 3.05) is 0 Å². The van der Waals surface area contributed by atoms with Crippen LogP contribution in [0.3, 0.4) is 0 Å². The van der Waals surface area contributed by atoms with Crippen molar-refractivity contribution >= 4 is 5.57 Å². The van der Waals surface area contributed by atoms with Crippen LogP contribution in [-0.2, 0) is 13.0 Å². The maximum atomic E-state index is 9.24. The number of phenolic OH excluding ortho intramolecular Hbond substituents is 1. The number of benzene rings is 2. The molecule has 0 unspecified atom stereocenters. The van der Waals surface area contributed by atoms with Gasteiger partial charge >= 0.3 is 0 Å². The van der Waals surface area contributed by atoms with Gasteiger partial charge in [-0.3, -0.25) is 0 Å². The van der Waals surface area contributed by atoms with Crippen molar-refractivity contribution in [3.8, 4) is 5.75 Å². The lowest BCUT2D eigenvalue weighted by molar-refractivity contribution is 0.282. The molecule has 0 atom stereocenters. The van der Waals surface area contributed by atoms with Gasteiger partial charge in [0.05, 0.1) is 6.61 Å².